The molecule has 0 bridgehead atoms. The lowest BCUT2D eigenvalue weighted by atomic mass is 10.1. The molecule has 1 aromatic carbocycles. The number of rotatable bonds is 5. The van der Waals surface area contributed by atoms with Crippen LogP contribution in [0.25, 0.3) is 0 Å². The van der Waals surface area contributed by atoms with Gasteiger partial charge in [-0.1, -0.05) is 46.1 Å². The Morgan fingerprint density at radius 2 is 1.94 bits per heavy atom. The van der Waals surface area contributed by atoms with Crippen molar-refractivity contribution < 1.29 is 4.79 Å². The summed E-state index contributed by atoms with van der Waals surface area (Å²) in [6.07, 6.45) is 1.02. The highest BCUT2D eigenvalue weighted by molar-refractivity contribution is 9.09. The predicted octanol–water partition coefficient (Wildman–Crippen LogP) is 4.14. The molecule has 1 unspecified atom stereocenters. The second-order valence-electron chi connectivity index (χ2n) is 3.95. The molecule has 94 valence electrons. The number of carbonyl (C=O) groups is 1. The topological polar surface area (TPSA) is 29.1 Å². The van der Waals surface area contributed by atoms with Crippen LogP contribution in [0.15, 0.2) is 18.2 Å². The van der Waals surface area contributed by atoms with Crippen molar-refractivity contribution in [3.63, 3.8) is 0 Å². The standard InChI is InChI=1S/C12H14BrCl2NO/c1-8(2-3-13)7-16-12(17)9-4-10(14)6-11(15)5-9/h4-6,8H,2-3,7H2,1H3,(H,16,17). The van der Waals surface area contributed by atoms with Gasteiger partial charge in [0.2, 0.25) is 0 Å². The minimum absolute atomic E-state index is 0.143. The van der Waals surface area contributed by atoms with E-state index in [-0.39, 0.29) is 5.91 Å². The summed E-state index contributed by atoms with van der Waals surface area (Å²) in [5, 5.41) is 4.74. The summed E-state index contributed by atoms with van der Waals surface area (Å²) in [5.41, 5.74) is 0.494. The third-order valence-electron chi connectivity index (χ3n) is 2.34. The Kier molecular flexibility index (Phi) is 6.31. The zero-order chi connectivity index (χ0) is 12.8. The Hall–Kier alpha value is -0.250. The maximum atomic E-state index is 11.8. The summed E-state index contributed by atoms with van der Waals surface area (Å²) < 4.78 is 0. The normalized spacial score (nSPS) is 12.2. The van der Waals surface area contributed by atoms with Crippen LogP contribution in [0, 0.1) is 5.92 Å². The Morgan fingerprint density at radius 3 is 2.47 bits per heavy atom. The van der Waals surface area contributed by atoms with E-state index in [9.17, 15) is 4.79 Å². The molecule has 0 radical (unpaired) electrons. The summed E-state index contributed by atoms with van der Waals surface area (Å²) in [7, 11) is 0. The minimum atomic E-state index is -0.143. The first kappa shape index (κ1) is 14.8. The van der Waals surface area contributed by atoms with Crippen LogP contribution >= 0.6 is 39.1 Å². The lowest BCUT2D eigenvalue weighted by molar-refractivity contribution is 0.0948. The molecule has 0 fully saturated rings. The van der Waals surface area contributed by atoms with Gasteiger partial charge in [-0.15, -0.1) is 0 Å². The summed E-state index contributed by atoms with van der Waals surface area (Å²) in [4.78, 5) is 11.8. The van der Waals surface area contributed by atoms with Crippen LogP contribution in [0.5, 0.6) is 0 Å². The van der Waals surface area contributed by atoms with E-state index in [1.54, 1.807) is 18.2 Å². The first-order chi connectivity index (χ1) is 8.02. The van der Waals surface area contributed by atoms with Gasteiger partial charge in [0.15, 0.2) is 0 Å². The van der Waals surface area contributed by atoms with Crippen LogP contribution < -0.4 is 5.32 Å². The average Bonchev–Trinajstić information content (AvgIpc) is 2.25. The van der Waals surface area contributed by atoms with Gasteiger partial charge in [-0.05, 0) is 30.5 Å². The summed E-state index contributed by atoms with van der Waals surface area (Å²) in [6.45, 7) is 2.74. The molecule has 0 aliphatic rings. The Bertz CT molecular complexity index is 378. The number of amides is 1. The maximum absolute atomic E-state index is 11.8. The quantitative estimate of drug-likeness (QED) is 0.803. The zero-order valence-corrected chi connectivity index (χ0v) is 12.6. The average molecular weight is 339 g/mol. The molecule has 1 aromatic rings. The van der Waals surface area contributed by atoms with E-state index in [1.165, 1.54) is 0 Å². The van der Waals surface area contributed by atoms with E-state index < -0.39 is 0 Å². The highest BCUT2D eigenvalue weighted by Crippen LogP contribution is 2.19. The van der Waals surface area contributed by atoms with Crippen LogP contribution in [0.4, 0.5) is 0 Å². The van der Waals surface area contributed by atoms with E-state index >= 15 is 0 Å². The van der Waals surface area contributed by atoms with Gasteiger partial charge in [-0.3, -0.25) is 4.79 Å². The van der Waals surface area contributed by atoms with E-state index in [0.717, 1.165) is 11.8 Å². The number of nitrogens with one attached hydrogen (secondary N) is 1. The first-order valence-electron chi connectivity index (χ1n) is 5.33. The van der Waals surface area contributed by atoms with Crippen molar-refractivity contribution in [1.82, 2.24) is 5.32 Å². The molecular weight excluding hydrogens is 325 g/mol. The SMILES string of the molecule is CC(CCBr)CNC(=O)c1cc(Cl)cc(Cl)c1. The molecule has 0 saturated heterocycles. The third-order valence-corrected chi connectivity index (χ3v) is 3.23. The molecule has 0 heterocycles. The molecule has 0 saturated carbocycles. The third kappa shape index (κ3) is 5.28. The van der Waals surface area contributed by atoms with Crippen molar-refractivity contribution in [1.29, 1.82) is 0 Å². The Morgan fingerprint density at radius 1 is 1.35 bits per heavy atom. The fourth-order valence-corrected chi connectivity index (χ4v) is 2.65. The molecule has 17 heavy (non-hydrogen) atoms. The van der Waals surface area contributed by atoms with Gasteiger partial charge in [0.05, 0.1) is 0 Å². The molecule has 1 atom stereocenters. The van der Waals surface area contributed by atoms with Crippen molar-refractivity contribution >= 4 is 45.0 Å². The summed E-state index contributed by atoms with van der Waals surface area (Å²) in [6, 6.07) is 4.82. The molecule has 0 aromatic heterocycles. The zero-order valence-electron chi connectivity index (χ0n) is 9.47. The van der Waals surface area contributed by atoms with Crippen LogP contribution in [0.1, 0.15) is 23.7 Å². The molecule has 0 aliphatic carbocycles. The number of carbonyl (C=O) groups excluding carboxylic acids is 1. The van der Waals surface area contributed by atoms with Crippen LogP contribution in [-0.4, -0.2) is 17.8 Å². The molecule has 1 N–H and O–H groups in total. The molecule has 1 amide bonds. The smallest absolute Gasteiger partial charge is 0.251 e. The Balaban J connectivity index is 2.58. The van der Waals surface area contributed by atoms with Gasteiger partial charge in [-0.25, -0.2) is 0 Å². The monoisotopic (exact) mass is 337 g/mol. The van der Waals surface area contributed by atoms with Crippen molar-refractivity contribution in [2.24, 2.45) is 5.92 Å². The van der Waals surface area contributed by atoms with Gasteiger partial charge >= 0.3 is 0 Å². The minimum Gasteiger partial charge on any atom is -0.352 e. The predicted molar refractivity (Wildman–Crippen MR) is 76.4 cm³/mol. The lowest BCUT2D eigenvalue weighted by Crippen LogP contribution is -2.28. The van der Waals surface area contributed by atoms with E-state index in [0.29, 0.717) is 28.1 Å². The van der Waals surface area contributed by atoms with Crippen molar-refractivity contribution in [2.45, 2.75) is 13.3 Å². The second kappa shape index (κ2) is 7.24. The van der Waals surface area contributed by atoms with Crippen molar-refractivity contribution in [2.75, 3.05) is 11.9 Å². The van der Waals surface area contributed by atoms with Crippen molar-refractivity contribution in [3.8, 4) is 0 Å². The number of alkyl halides is 1. The highest BCUT2D eigenvalue weighted by atomic mass is 79.9. The van der Waals surface area contributed by atoms with Gasteiger partial charge in [-0.2, -0.15) is 0 Å². The van der Waals surface area contributed by atoms with E-state index in [2.05, 4.69) is 28.2 Å². The summed E-state index contributed by atoms with van der Waals surface area (Å²) >= 11 is 15.0. The molecule has 1 rings (SSSR count). The highest BCUT2D eigenvalue weighted by Gasteiger charge is 2.09. The molecular formula is C12H14BrCl2NO. The van der Waals surface area contributed by atoms with Gasteiger partial charge in [0, 0.05) is 27.5 Å². The van der Waals surface area contributed by atoms with Crippen molar-refractivity contribution in [3.05, 3.63) is 33.8 Å². The number of hydrogen-bond donors (Lipinski definition) is 1. The van der Waals surface area contributed by atoms with Crippen LogP contribution in [0.2, 0.25) is 10.0 Å². The fourth-order valence-electron chi connectivity index (χ4n) is 1.34. The van der Waals surface area contributed by atoms with Gasteiger partial charge < -0.3 is 5.32 Å². The maximum Gasteiger partial charge on any atom is 0.251 e. The van der Waals surface area contributed by atoms with Crippen LogP contribution in [-0.2, 0) is 0 Å². The molecule has 0 spiro atoms. The number of benzene rings is 1. The molecule has 2 nitrogen and oxygen atoms in total. The van der Waals surface area contributed by atoms with Gasteiger partial charge in [0.25, 0.3) is 5.91 Å². The number of halogens is 3. The molecule has 0 aliphatic heterocycles. The van der Waals surface area contributed by atoms with E-state index in [4.69, 9.17) is 23.2 Å². The first-order valence-corrected chi connectivity index (χ1v) is 7.21. The van der Waals surface area contributed by atoms with Crippen LogP contribution in [0.3, 0.4) is 0 Å². The Labute approximate surface area is 120 Å². The van der Waals surface area contributed by atoms with E-state index in [1.807, 2.05) is 0 Å². The summed E-state index contributed by atoms with van der Waals surface area (Å²) in [5.74, 6) is 0.295. The fraction of sp³-hybridized carbons (Fsp3) is 0.417. The number of hydrogen-bond acceptors (Lipinski definition) is 1. The lowest BCUT2D eigenvalue weighted by Gasteiger charge is -2.11. The molecule has 5 heteroatoms. The second-order valence-corrected chi connectivity index (χ2v) is 5.62. The van der Waals surface area contributed by atoms with Gasteiger partial charge in [0.1, 0.15) is 0 Å². The largest absolute Gasteiger partial charge is 0.352 e.